The van der Waals surface area contributed by atoms with E-state index in [1.165, 1.54) is 25.0 Å². The summed E-state index contributed by atoms with van der Waals surface area (Å²) in [6.07, 6.45) is 3.42. The second-order valence-corrected chi connectivity index (χ2v) is 6.40. The van der Waals surface area contributed by atoms with Crippen LogP contribution in [0.2, 0.25) is 0 Å². The highest BCUT2D eigenvalue weighted by molar-refractivity contribution is 14.1. The number of hydrogen-bond acceptors (Lipinski definition) is 2. The molecular weight excluding hydrogens is 358 g/mol. The van der Waals surface area contributed by atoms with Gasteiger partial charge in [0.05, 0.1) is 5.56 Å². The SMILES string of the molecule is O=C(NC1CCN2CCCC12)c1ccc(F)cc1I. The summed E-state index contributed by atoms with van der Waals surface area (Å²) in [5.41, 5.74) is 0.568. The van der Waals surface area contributed by atoms with Gasteiger partial charge in [-0.05, 0) is 66.6 Å². The van der Waals surface area contributed by atoms with E-state index >= 15 is 0 Å². The molecule has 2 atom stereocenters. The highest BCUT2D eigenvalue weighted by Crippen LogP contribution is 2.28. The summed E-state index contributed by atoms with van der Waals surface area (Å²) >= 11 is 2.01. The lowest BCUT2D eigenvalue weighted by Gasteiger charge is -2.21. The van der Waals surface area contributed by atoms with Gasteiger partial charge < -0.3 is 5.32 Å². The molecule has 3 rings (SSSR count). The number of nitrogens with one attached hydrogen (secondary N) is 1. The average molecular weight is 374 g/mol. The van der Waals surface area contributed by atoms with Crippen LogP contribution in [0.15, 0.2) is 18.2 Å². The molecule has 2 unspecified atom stereocenters. The zero-order valence-electron chi connectivity index (χ0n) is 10.5. The molecule has 1 N–H and O–H groups in total. The fraction of sp³-hybridized carbons (Fsp3) is 0.500. The van der Waals surface area contributed by atoms with Crippen LogP contribution in [0.25, 0.3) is 0 Å². The van der Waals surface area contributed by atoms with Gasteiger partial charge in [-0.25, -0.2) is 4.39 Å². The summed E-state index contributed by atoms with van der Waals surface area (Å²) in [6, 6.07) is 5.05. The van der Waals surface area contributed by atoms with Crippen LogP contribution in [-0.4, -0.2) is 36.0 Å². The van der Waals surface area contributed by atoms with E-state index in [1.54, 1.807) is 6.07 Å². The topological polar surface area (TPSA) is 32.3 Å². The molecule has 1 amide bonds. The number of rotatable bonds is 2. The molecule has 5 heteroatoms. The van der Waals surface area contributed by atoms with Crippen LogP contribution in [0.1, 0.15) is 29.6 Å². The van der Waals surface area contributed by atoms with Gasteiger partial charge in [0.2, 0.25) is 0 Å². The van der Waals surface area contributed by atoms with Crippen LogP contribution in [0.4, 0.5) is 4.39 Å². The molecule has 3 nitrogen and oxygen atoms in total. The lowest BCUT2D eigenvalue weighted by molar-refractivity contribution is 0.0928. The Balaban J connectivity index is 1.71. The molecule has 2 aliphatic heterocycles. The summed E-state index contributed by atoms with van der Waals surface area (Å²) in [5, 5.41) is 3.12. The van der Waals surface area contributed by atoms with Crippen LogP contribution in [0.5, 0.6) is 0 Å². The number of benzene rings is 1. The van der Waals surface area contributed by atoms with Crippen molar-refractivity contribution in [3.8, 4) is 0 Å². The maximum atomic E-state index is 13.0. The third-order valence-electron chi connectivity index (χ3n) is 4.10. The van der Waals surface area contributed by atoms with Gasteiger partial charge in [0.1, 0.15) is 5.82 Å². The molecule has 1 aromatic carbocycles. The van der Waals surface area contributed by atoms with Gasteiger partial charge in [-0.2, -0.15) is 0 Å². The zero-order valence-corrected chi connectivity index (χ0v) is 12.7. The number of fused-ring (bicyclic) bond motifs is 1. The van der Waals surface area contributed by atoms with Crippen molar-refractivity contribution in [1.29, 1.82) is 0 Å². The smallest absolute Gasteiger partial charge is 0.252 e. The Morgan fingerprint density at radius 3 is 3.00 bits per heavy atom. The number of nitrogens with zero attached hydrogens (tertiary/aromatic N) is 1. The molecule has 102 valence electrons. The van der Waals surface area contributed by atoms with Gasteiger partial charge in [-0.1, -0.05) is 0 Å². The average Bonchev–Trinajstić information content (AvgIpc) is 2.94. The molecule has 1 aromatic rings. The van der Waals surface area contributed by atoms with E-state index in [4.69, 9.17) is 0 Å². The number of carbonyl (C=O) groups excluding carboxylic acids is 1. The van der Waals surface area contributed by atoms with E-state index in [2.05, 4.69) is 10.2 Å². The lowest BCUT2D eigenvalue weighted by Crippen LogP contribution is -2.42. The zero-order chi connectivity index (χ0) is 13.4. The molecule has 0 radical (unpaired) electrons. The number of hydrogen-bond donors (Lipinski definition) is 1. The van der Waals surface area contributed by atoms with Gasteiger partial charge in [-0.3, -0.25) is 9.69 Å². The second kappa shape index (κ2) is 5.36. The Morgan fingerprint density at radius 1 is 1.37 bits per heavy atom. The van der Waals surface area contributed by atoms with Gasteiger partial charge in [0, 0.05) is 22.2 Å². The molecule has 0 aromatic heterocycles. The molecule has 0 spiro atoms. The first-order valence-electron chi connectivity index (χ1n) is 6.65. The van der Waals surface area contributed by atoms with E-state index in [9.17, 15) is 9.18 Å². The summed E-state index contributed by atoms with van der Waals surface area (Å²) in [5.74, 6) is -0.382. The van der Waals surface area contributed by atoms with Gasteiger partial charge in [0.15, 0.2) is 0 Å². The van der Waals surface area contributed by atoms with Crippen molar-refractivity contribution in [2.24, 2.45) is 0 Å². The van der Waals surface area contributed by atoms with E-state index in [-0.39, 0.29) is 17.8 Å². The van der Waals surface area contributed by atoms with Gasteiger partial charge >= 0.3 is 0 Å². The van der Waals surface area contributed by atoms with E-state index in [1.807, 2.05) is 22.6 Å². The monoisotopic (exact) mass is 374 g/mol. The Labute approximate surface area is 125 Å². The Bertz CT molecular complexity index is 508. The van der Waals surface area contributed by atoms with Crippen LogP contribution in [-0.2, 0) is 0 Å². The van der Waals surface area contributed by atoms with Gasteiger partial charge in [-0.15, -0.1) is 0 Å². The van der Waals surface area contributed by atoms with E-state index in [0.717, 1.165) is 19.5 Å². The largest absolute Gasteiger partial charge is 0.348 e. The summed E-state index contributed by atoms with van der Waals surface area (Å²) in [7, 11) is 0. The van der Waals surface area contributed by atoms with Crippen molar-refractivity contribution < 1.29 is 9.18 Å². The Kier molecular flexibility index (Phi) is 3.75. The number of amides is 1. The summed E-state index contributed by atoms with van der Waals surface area (Å²) in [4.78, 5) is 14.7. The number of halogens is 2. The minimum atomic E-state index is -0.302. The summed E-state index contributed by atoms with van der Waals surface area (Å²) in [6.45, 7) is 2.24. The van der Waals surface area contributed by atoms with Crippen molar-refractivity contribution >= 4 is 28.5 Å². The minimum absolute atomic E-state index is 0.0804. The van der Waals surface area contributed by atoms with Crippen molar-refractivity contribution in [3.63, 3.8) is 0 Å². The minimum Gasteiger partial charge on any atom is -0.348 e. The molecule has 19 heavy (non-hydrogen) atoms. The molecule has 0 aliphatic carbocycles. The van der Waals surface area contributed by atoms with Crippen LogP contribution >= 0.6 is 22.6 Å². The third kappa shape index (κ3) is 2.63. The first-order chi connectivity index (χ1) is 9.15. The Morgan fingerprint density at radius 2 is 2.21 bits per heavy atom. The molecule has 2 heterocycles. The number of carbonyl (C=O) groups is 1. The Hall–Kier alpha value is -0.690. The van der Waals surface area contributed by atoms with Crippen LogP contribution in [0, 0.1) is 9.39 Å². The predicted octanol–water partition coefficient (Wildman–Crippen LogP) is 2.40. The maximum absolute atomic E-state index is 13.0. The van der Waals surface area contributed by atoms with Crippen molar-refractivity contribution in [1.82, 2.24) is 10.2 Å². The molecule has 0 bridgehead atoms. The second-order valence-electron chi connectivity index (χ2n) is 5.24. The highest BCUT2D eigenvalue weighted by Gasteiger charge is 2.37. The van der Waals surface area contributed by atoms with Crippen LogP contribution < -0.4 is 5.32 Å². The quantitative estimate of drug-likeness (QED) is 0.807. The highest BCUT2D eigenvalue weighted by atomic mass is 127. The van der Waals surface area contributed by atoms with Crippen LogP contribution in [0.3, 0.4) is 0 Å². The predicted molar refractivity (Wildman–Crippen MR) is 79.6 cm³/mol. The normalized spacial score (nSPS) is 26.4. The summed E-state index contributed by atoms with van der Waals surface area (Å²) < 4.78 is 13.7. The standard InChI is InChI=1S/C14H16FIN2O/c15-9-3-4-10(11(16)8-9)14(19)17-12-5-7-18-6-1-2-13(12)18/h3-4,8,12-13H,1-2,5-7H2,(H,17,19). The fourth-order valence-corrected chi connectivity index (χ4v) is 3.89. The molecule has 2 fully saturated rings. The fourth-order valence-electron chi connectivity index (χ4n) is 3.17. The van der Waals surface area contributed by atoms with Crippen molar-refractivity contribution in [2.75, 3.05) is 13.1 Å². The first-order valence-corrected chi connectivity index (χ1v) is 7.73. The van der Waals surface area contributed by atoms with Crippen molar-refractivity contribution in [2.45, 2.75) is 31.3 Å². The molecular formula is C14H16FIN2O. The van der Waals surface area contributed by atoms with E-state index in [0.29, 0.717) is 15.2 Å². The molecule has 0 saturated carbocycles. The van der Waals surface area contributed by atoms with Crippen molar-refractivity contribution in [3.05, 3.63) is 33.1 Å². The molecule has 2 saturated heterocycles. The maximum Gasteiger partial charge on any atom is 0.252 e. The lowest BCUT2D eigenvalue weighted by atomic mass is 10.1. The van der Waals surface area contributed by atoms with Gasteiger partial charge in [0.25, 0.3) is 5.91 Å². The van der Waals surface area contributed by atoms with E-state index < -0.39 is 0 Å². The molecule has 2 aliphatic rings. The first kappa shape index (κ1) is 13.3. The third-order valence-corrected chi connectivity index (χ3v) is 4.99.